The van der Waals surface area contributed by atoms with E-state index < -0.39 is 27.0 Å². The molecule has 1 unspecified atom stereocenters. The molecule has 1 aliphatic rings. The molecular weight excluding hydrogens is 532 g/mol. The first-order chi connectivity index (χ1) is 19.3. The van der Waals surface area contributed by atoms with E-state index in [9.17, 15) is 29.8 Å². The number of amides is 2. The normalized spacial score (nSPS) is 15.7. The number of carbonyl (C=O) groups is 2. The molecule has 0 bridgehead atoms. The highest BCUT2D eigenvalue weighted by Crippen LogP contribution is 2.46. The summed E-state index contributed by atoms with van der Waals surface area (Å²) >= 11 is 1.08. The SMILES string of the molecule is O=C(NN1C(=O)/C(=C/c2cccc([N+](=O)[O-])c2)SC1c1cccc([N+](=O)[O-])c1)c1ccc(-c2ccccc2)cc1. The van der Waals surface area contributed by atoms with E-state index in [1.807, 2.05) is 30.3 Å². The maximum absolute atomic E-state index is 13.5. The van der Waals surface area contributed by atoms with Crippen LogP contribution in [0.15, 0.2) is 108 Å². The Labute approximate surface area is 232 Å². The Hall–Kier alpha value is -5.29. The molecule has 1 heterocycles. The van der Waals surface area contributed by atoms with Crippen LogP contribution in [0.25, 0.3) is 17.2 Å². The maximum Gasteiger partial charge on any atom is 0.280 e. The number of nitro benzene ring substituents is 2. The summed E-state index contributed by atoms with van der Waals surface area (Å²) in [5.41, 5.74) is 5.42. The molecule has 0 saturated carbocycles. The first kappa shape index (κ1) is 26.3. The zero-order valence-corrected chi connectivity index (χ0v) is 21.5. The van der Waals surface area contributed by atoms with Gasteiger partial charge in [-0.25, -0.2) is 5.01 Å². The second-order valence-corrected chi connectivity index (χ2v) is 9.86. The lowest BCUT2D eigenvalue weighted by atomic mass is 10.0. The number of thioether (sulfide) groups is 1. The van der Waals surface area contributed by atoms with E-state index in [1.54, 1.807) is 36.4 Å². The van der Waals surface area contributed by atoms with Crippen LogP contribution in [0.4, 0.5) is 11.4 Å². The van der Waals surface area contributed by atoms with Crippen molar-refractivity contribution in [3.05, 3.63) is 145 Å². The molecule has 40 heavy (non-hydrogen) atoms. The second kappa shape index (κ2) is 11.2. The van der Waals surface area contributed by atoms with Crippen LogP contribution in [0.3, 0.4) is 0 Å². The number of hydrazine groups is 1. The fourth-order valence-corrected chi connectivity index (χ4v) is 5.34. The van der Waals surface area contributed by atoms with Gasteiger partial charge in [-0.3, -0.25) is 35.2 Å². The minimum atomic E-state index is -0.815. The molecular formula is C29H20N4O6S. The van der Waals surface area contributed by atoms with Crippen LogP contribution < -0.4 is 5.43 Å². The third-order valence-electron chi connectivity index (χ3n) is 6.12. The zero-order chi connectivity index (χ0) is 28.2. The number of nitro groups is 2. The number of hydrogen-bond donors (Lipinski definition) is 1. The van der Waals surface area contributed by atoms with Crippen LogP contribution in [-0.2, 0) is 4.79 Å². The highest BCUT2D eigenvalue weighted by molar-refractivity contribution is 8.04. The Morgan fingerprint density at radius 3 is 2.10 bits per heavy atom. The van der Waals surface area contributed by atoms with Gasteiger partial charge in [0.15, 0.2) is 0 Å². The zero-order valence-electron chi connectivity index (χ0n) is 20.7. The molecule has 0 aliphatic carbocycles. The summed E-state index contributed by atoms with van der Waals surface area (Å²) < 4.78 is 0. The number of rotatable bonds is 7. The average molecular weight is 553 g/mol. The highest BCUT2D eigenvalue weighted by atomic mass is 32.2. The summed E-state index contributed by atoms with van der Waals surface area (Å²) in [5, 5.41) is 22.9. The number of benzene rings is 4. The van der Waals surface area contributed by atoms with E-state index in [0.717, 1.165) is 27.9 Å². The van der Waals surface area contributed by atoms with Gasteiger partial charge in [0, 0.05) is 29.8 Å². The van der Waals surface area contributed by atoms with Crippen LogP contribution >= 0.6 is 11.8 Å². The van der Waals surface area contributed by atoms with Crippen LogP contribution in [0.1, 0.15) is 26.9 Å². The van der Waals surface area contributed by atoms with Crippen LogP contribution in [0.2, 0.25) is 0 Å². The van der Waals surface area contributed by atoms with Gasteiger partial charge in [0.1, 0.15) is 5.37 Å². The third-order valence-corrected chi connectivity index (χ3v) is 7.38. The summed E-state index contributed by atoms with van der Waals surface area (Å²) in [7, 11) is 0. The highest BCUT2D eigenvalue weighted by Gasteiger charge is 2.39. The predicted octanol–water partition coefficient (Wildman–Crippen LogP) is 6.13. The van der Waals surface area contributed by atoms with Gasteiger partial charge in [0.05, 0.1) is 14.8 Å². The Kier molecular flexibility index (Phi) is 7.38. The average Bonchev–Trinajstić information content (AvgIpc) is 3.28. The van der Waals surface area contributed by atoms with Crippen LogP contribution in [-0.4, -0.2) is 26.7 Å². The second-order valence-electron chi connectivity index (χ2n) is 8.74. The van der Waals surface area contributed by atoms with Crippen LogP contribution in [0.5, 0.6) is 0 Å². The molecule has 4 aromatic rings. The van der Waals surface area contributed by atoms with Gasteiger partial charge in [-0.15, -0.1) is 0 Å². The van der Waals surface area contributed by atoms with Crippen molar-refractivity contribution in [2.24, 2.45) is 0 Å². The molecule has 1 atom stereocenters. The fourth-order valence-electron chi connectivity index (χ4n) is 4.16. The topological polar surface area (TPSA) is 136 Å². The standard InChI is InChI=1S/C29H20N4O6S/c34-27(22-14-12-21(13-15-22)20-7-2-1-3-8-20)30-31-28(35)26(17-19-6-4-10-24(16-19)32(36)37)40-29(31)23-9-5-11-25(18-23)33(38)39/h1-18,29H,(H,30,34)/b26-17-. The smallest absolute Gasteiger partial charge is 0.267 e. The third kappa shape index (κ3) is 5.59. The van der Waals surface area contributed by atoms with Crippen molar-refractivity contribution in [2.75, 3.05) is 0 Å². The molecule has 0 spiro atoms. The van der Waals surface area contributed by atoms with Crippen molar-refractivity contribution in [3.8, 4) is 11.1 Å². The lowest BCUT2D eigenvalue weighted by Crippen LogP contribution is -2.44. The van der Waals surface area contributed by atoms with Crippen molar-refractivity contribution >= 4 is 41.0 Å². The Morgan fingerprint density at radius 1 is 0.800 bits per heavy atom. The monoisotopic (exact) mass is 552 g/mol. The largest absolute Gasteiger partial charge is 0.280 e. The molecule has 1 aliphatic heterocycles. The first-order valence-corrected chi connectivity index (χ1v) is 12.9. The maximum atomic E-state index is 13.5. The lowest BCUT2D eigenvalue weighted by Gasteiger charge is -2.24. The van der Waals surface area contributed by atoms with Gasteiger partial charge in [0.25, 0.3) is 23.2 Å². The molecule has 11 heteroatoms. The first-order valence-electron chi connectivity index (χ1n) is 12.0. The molecule has 1 N–H and O–H groups in total. The van der Waals surface area contributed by atoms with Gasteiger partial charge in [-0.2, -0.15) is 0 Å². The minimum Gasteiger partial charge on any atom is -0.267 e. The summed E-state index contributed by atoms with van der Waals surface area (Å²) in [5.74, 6) is -1.09. The Balaban J connectivity index is 1.46. The molecule has 2 amide bonds. The minimum absolute atomic E-state index is 0.135. The molecule has 10 nitrogen and oxygen atoms in total. The van der Waals surface area contributed by atoms with Crippen molar-refractivity contribution in [1.82, 2.24) is 10.4 Å². The lowest BCUT2D eigenvalue weighted by molar-refractivity contribution is -0.385. The molecule has 4 aromatic carbocycles. The van der Waals surface area contributed by atoms with Gasteiger partial charge in [-0.05, 0) is 40.5 Å². The number of nitrogens with zero attached hydrogens (tertiary/aromatic N) is 3. The van der Waals surface area contributed by atoms with E-state index in [-0.39, 0.29) is 16.3 Å². The number of non-ortho nitro benzene ring substituents is 2. The van der Waals surface area contributed by atoms with E-state index in [0.29, 0.717) is 16.7 Å². The Morgan fingerprint density at radius 2 is 1.43 bits per heavy atom. The summed E-state index contributed by atoms with van der Waals surface area (Å²) in [4.78, 5) is 48.4. The van der Waals surface area contributed by atoms with Crippen molar-refractivity contribution in [3.63, 3.8) is 0 Å². The van der Waals surface area contributed by atoms with Gasteiger partial charge in [0.2, 0.25) is 0 Å². The molecule has 1 saturated heterocycles. The van der Waals surface area contributed by atoms with E-state index in [4.69, 9.17) is 0 Å². The summed E-state index contributed by atoms with van der Waals surface area (Å²) in [6.07, 6.45) is 1.49. The molecule has 5 rings (SSSR count). The number of hydrogen-bond acceptors (Lipinski definition) is 7. The Bertz CT molecular complexity index is 1660. The van der Waals surface area contributed by atoms with Crippen molar-refractivity contribution in [1.29, 1.82) is 0 Å². The fraction of sp³-hybridized carbons (Fsp3) is 0.0345. The summed E-state index contributed by atoms with van der Waals surface area (Å²) in [6.45, 7) is 0. The van der Waals surface area contributed by atoms with E-state index in [2.05, 4.69) is 5.43 Å². The quantitative estimate of drug-likeness (QED) is 0.165. The van der Waals surface area contributed by atoms with Crippen LogP contribution in [0, 0.1) is 20.2 Å². The number of carbonyl (C=O) groups excluding carboxylic acids is 2. The predicted molar refractivity (Wildman–Crippen MR) is 151 cm³/mol. The van der Waals surface area contributed by atoms with E-state index in [1.165, 1.54) is 42.5 Å². The molecule has 0 radical (unpaired) electrons. The van der Waals surface area contributed by atoms with Gasteiger partial charge >= 0.3 is 0 Å². The number of nitrogens with one attached hydrogen (secondary N) is 1. The molecule has 1 fully saturated rings. The van der Waals surface area contributed by atoms with E-state index >= 15 is 0 Å². The van der Waals surface area contributed by atoms with Crippen molar-refractivity contribution < 1.29 is 19.4 Å². The molecule has 0 aromatic heterocycles. The van der Waals surface area contributed by atoms with Crippen molar-refractivity contribution in [2.45, 2.75) is 5.37 Å². The summed E-state index contributed by atoms with van der Waals surface area (Å²) in [6, 6.07) is 28.1. The van der Waals surface area contributed by atoms with Gasteiger partial charge < -0.3 is 0 Å². The molecule has 198 valence electrons. The van der Waals surface area contributed by atoms with Gasteiger partial charge in [-0.1, -0.05) is 78.5 Å².